The first-order chi connectivity index (χ1) is 13.2. The molecule has 7 heteroatoms. The minimum atomic E-state index is -3.59. The van der Waals surface area contributed by atoms with E-state index in [2.05, 4.69) is 5.32 Å². The second-order valence-corrected chi connectivity index (χ2v) is 8.87. The van der Waals surface area contributed by atoms with Gasteiger partial charge in [-0.05, 0) is 43.5 Å². The van der Waals surface area contributed by atoms with Crippen molar-refractivity contribution in [2.45, 2.75) is 40.0 Å². The lowest BCUT2D eigenvalue weighted by Crippen LogP contribution is -2.40. The van der Waals surface area contributed by atoms with Crippen LogP contribution < -0.4 is 9.62 Å². The number of sulfonamides is 1. The Labute approximate surface area is 167 Å². The van der Waals surface area contributed by atoms with E-state index in [1.807, 2.05) is 57.2 Å². The topological polar surface area (TPSA) is 75.7 Å². The summed E-state index contributed by atoms with van der Waals surface area (Å²) in [5, 5.41) is 2.82. The zero-order valence-electron chi connectivity index (χ0n) is 16.8. The third kappa shape index (κ3) is 6.35. The average Bonchev–Trinajstić information content (AvgIpc) is 2.63. The van der Waals surface area contributed by atoms with Crippen molar-refractivity contribution < 1.29 is 17.9 Å². The molecule has 0 atom stereocenters. The molecule has 6 nitrogen and oxygen atoms in total. The number of hydrogen-bond acceptors (Lipinski definition) is 4. The number of rotatable bonds is 9. The second-order valence-electron chi connectivity index (χ2n) is 6.96. The van der Waals surface area contributed by atoms with Gasteiger partial charge in [-0.3, -0.25) is 9.10 Å². The first-order valence-corrected chi connectivity index (χ1v) is 11.0. The van der Waals surface area contributed by atoms with Gasteiger partial charge in [0.2, 0.25) is 15.9 Å². The van der Waals surface area contributed by atoms with Crippen LogP contribution in [0.4, 0.5) is 5.69 Å². The zero-order valence-corrected chi connectivity index (χ0v) is 17.6. The molecule has 0 saturated heterocycles. The molecule has 0 spiro atoms. The van der Waals surface area contributed by atoms with Crippen LogP contribution in [0.1, 0.15) is 30.5 Å². The number of aryl methyl sites for hydroxylation is 1. The van der Waals surface area contributed by atoms with Gasteiger partial charge < -0.3 is 10.1 Å². The molecule has 0 aliphatic rings. The summed E-state index contributed by atoms with van der Waals surface area (Å²) in [7, 11) is -3.59. The lowest BCUT2D eigenvalue weighted by Gasteiger charge is -2.23. The molecule has 0 saturated carbocycles. The maximum Gasteiger partial charge on any atom is 0.241 e. The fourth-order valence-electron chi connectivity index (χ4n) is 2.73. The van der Waals surface area contributed by atoms with Crippen molar-refractivity contribution in [2.24, 2.45) is 0 Å². The Morgan fingerprint density at radius 3 is 2.29 bits per heavy atom. The average molecular weight is 405 g/mol. The fourth-order valence-corrected chi connectivity index (χ4v) is 3.65. The number of carbonyl (C=O) groups is 1. The fraction of sp³-hybridized carbons (Fsp3) is 0.381. The number of amides is 1. The number of nitrogens with zero attached hydrogens (tertiary/aromatic N) is 1. The van der Waals surface area contributed by atoms with Gasteiger partial charge in [-0.2, -0.15) is 0 Å². The minimum Gasteiger partial charge on any atom is -0.374 e. The highest BCUT2D eigenvalue weighted by molar-refractivity contribution is 7.92. The zero-order chi connectivity index (χ0) is 20.7. The molecule has 152 valence electrons. The first kappa shape index (κ1) is 21.9. The van der Waals surface area contributed by atoms with Gasteiger partial charge in [0, 0.05) is 6.54 Å². The van der Waals surface area contributed by atoms with E-state index in [1.54, 1.807) is 12.1 Å². The molecule has 0 aromatic heterocycles. The summed E-state index contributed by atoms with van der Waals surface area (Å²) < 4.78 is 31.2. The van der Waals surface area contributed by atoms with Crippen LogP contribution in [0, 0.1) is 6.92 Å². The molecule has 0 aliphatic heterocycles. The molecule has 2 aromatic carbocycles. The number of benzene rings is 2. The van der Waals surface area contributed by atoms with E-state index in [-0.39, 0.29) is 18.6 Å². The lowest BCUT2D eigenvalue weighted by atomic mass is 10.1. The summed E-state index contributed by atoms with van der Waals surface area (Å²) in [6.45, 7) is 6.25. The van der Waals surface area contributed by atoms with Gasteiger partial charge in [-0.15, -0.1) is 0 Å². The van der Waals surface area contributed by atoms with Crippen LogP contribution in [0.15, 0.2) is 48.5 Å². The van der Waals surface area contributed by atoms with Gasteiger partial charge in [0.25, 0.3) is 0 Å². The largest absolute Gasteiger partial charge is 0.374 e. The Morgan fingerprint density at radius 2 is 1.68 bits per heavy atom. The predicted octanol–water partition coefficient (Wildman–Crippen LogP) is 3.00. The molecule has 28 heavy (non-hydrogen) atoms. The monoisotopic (exact) mass is 404 g/mol. The van der Waals surface area contributed by atoms with Crippen LogP contribution in [0.3, 0.4) is 0 Å². The van der Waals surface area contributed by atoms with Crippen molar-refractivity contribution in [3.05, 3.63) is 65.2 Å². The molecule has 2 rings (SSSR count). The molecular weight excluding hydrogens is 376 g/mol. The number of nitrogens with one attached hydrogen (secondary N) is 1. The molecule has 0 unspecified atom stereocenters. The molecule has 0 bridgehead atoms. The summed E-state index contributed by atoms with van der Waals surface area (Å²) in [4.78, 5) is 12.5. The summed E-state index contributed by atoms with van der Waals surface area (Å²) >= 11 is 0. The molecule has 0 fully saturated rings. The number of ether oxygens (including phenoxy) is 1. The van der Waals surface area contributed by atoms with E-state index in [9.17, 15) is 13.2 Å². The maximum atomic E-state index is 12.5. The van der Waals surface area contributed by atoms with Crippen LogP contribution in [-0.4, -0.2) is 33.2 Å². The van der Waals surface area contributed by atoms with Gasteiger partial charge in [-0.25, -0.2) is 8.42 Å². The van der Waals surface area contributed by atoms with E-state index >= 15 is 0 Å². The Bertz CT molecular complexity index is 910. The van der Waals surface area contributed by atoms with Crippen LogP contribution in [0.2, 0.25) is 0 Å². The highest BCUT2D eigenvalue weighted by Gasteiger charge is 2.22. The van der Waals surface area contributed by atoms with Gasteiger partial charge in [-0.1, -0.05) is 42.5 Å². The second kappa shape index (κ2) is 9.71. The Balaban J connectivity index is 2.08. The molecule has 2 aromatic rings. The highest BCUT2D eigenvalue weighted by atomic mass is 32.2. The molecule has 0 radical (unpaired) electrons. The quantitative estimate of drug-likeness (QED) is 0.697. The smallest absolute Gasteiger partial charge is 0.241 e. The van der Waals surface area contributed by atoms with E-state index in [0.717, 1.165) is 27.3 Å². The van der Waals surface area contributed by atoms with Crippen molar-refractivity contribution in [1.82, 2.24) is 5.32 Å². The van der Waals surface area contributed by atoms with Gasteiger partial charge >= 0.3 is 0 Å². The number of para-hydroxylation sites is 1. The SMILES string of the molecule is Cc1ccccc1N(CC(=O)NCc1ccccc1COC(C)C)S(C)(=O)=O. The predicted molar refractivity (Wildman–Crippen MR) is 112 cm³/mol. The van der Waals surface area contributed by atoms with Crippen molar-refractivity contribution in [1.29, 1.82) is 0 Å². The first-order valence-electron chi connectivity index (χ1n) is 9.17. The summed E-state index contributed by atoms with van der Waals surface area (Å²) in [6, 6.07) is 14.8. The Morgan fingerprint density at radius 1 is 1.07 bits per heavy atom. The van der Waals surface area contributed by atoms with Crippen LogP contribution in [0.25, 0.3) is 0 Å². The van der Waals surface area contributed by atoms with Crippen LogP contribution in [-0.2, 0) is 32.7 Å². The Kier molecular flexibility index (Phi) is 7.60. The normalized spacial score (nSPS) is 11.5. The molecule has 0 aliphatic carbocycles. The third-order valence-corrected chi connectivity index (χ3v) is 5.36. The number of anilines is 1. The van der Waals surface area contributed by atoms with E-state index in [1.165, 1.54) is 0 Å². The summed E-state index contributed by atoms with van der Waals surface area (Å²) in [5.74, 6) is -0.367. The van der Waals surface area contributed by atoms with Crippen molar-refractivity contribution in [3.63, 3.8) is 0 Å². The van der Waals surface area contributed by atoms with Crippen molar-refractivity contribution in [3.8, 4) is 0 Å². The van der Waals surface area contributed by atoms with Crippen molar-refractivity contribution >= 4 is 21.6 Å². The summed E-state index contributed by atoms with van der Waals surface area (Å²) in [5.41, 5.74) is 3.23. The van der Waals surface area contributed by atoms with E-state index < -0.39 is 10.0 Å². The maximum absolute atomic E-state index is 12.5. The van der Waals surface area contributed by atoms with E-state index in [4.69, 9.17) is 4.74 Å². The number of carbonyl (C=O) groups excluding carboxylic acids is 1. The number of hydrogen-bond donors (Lipinski definition) is 1. The highest BCUT2D eigenvalue weighted by Crippen LogP contribution is 2.21. The Hall–Kier alpha value is -2.38. The van der Waals surface area contributed by atoms with Crippen molar-refractivity contribution in [2.75, 3.05) is 17.1 Å². The van der Waals surface area contributed by atoms with Crippen LogP contribution >= 0.6 is 0 Å². The molecular formula is C21H28N2O4S. The molecule has 0 heterocycles. The van der Waals surface area contributed by atoms with E-state index in [0.29, 0.717) is 18.8 Å². The standard InChI is InChI=1S/C21H28N2O4S/c1-16(2)27-15-19-11-7-6-10-18(19)13-22-21(24)14-23(28(4,25)26)20-12-8-5-9-17(20)3/h5-12,16H,13-15H2,1-4H3,(H,22,24). The van der Waals surface area contributed by atoms with Gasteiger partial charge in [0.05, 0.1) is 24.7 Å². The molecule has 1 N–H and O–H groups in total. The molecule has 1 amide bonds. The van der Waals surface area contributed by atoms with Gasteiger partial charge in [0.1, 0.15) is 6.54 Å². The summed E-state index contributed by atoms with van der Waals surface area (Å²) in [6.07, 6.45) is 1.21. The third-order valence-electron chi connectivity index (χ3n) is 4.24. The van der Waals surface area contributed by atoms with Gasteiger partial charge in [0.15, 0.2) is 0 Å². The lowest BCUT2D eigenvalue weighted by molar-refractivity contribution is -0.119. The minimum absolute atomic E-state index is 0.111. The van der Waals surface area contributed by atoms with Crippen LogP contribution in [0.5, 0.6) is 0 Å².